The van der Waals surface area contributed by atoms with Crippen molar-refractivity contribution in [2.75, 3.05) is 19.7 Å². The van der Waals surface area contributed by atoms with E-state index in [1.165, 1.54) is 5.56 Å². The smallest absolute Gasteiger partial charge is 0.257 e. The van der Waals surface area contributed by atoms with E-state index >= 15 is 0 Å². The van der Waals surface area contributed by atoms with E-state index in [-0.39, 0.29) is 30.8 Å². The van der Waals surface area contributed by atoms with Crippen LogP contribution in [0.3, 0.4) is 0 Å². The third-order valence-corrected chi connectivity index (χ3v) is 2.90. The number of ether oxygens (including phenoxy) is 1. The summed E-state index contributed by atoms with van der Waals surface area (Å²) in [6.45, 7) is 7.25. The van der Waals surface area contributed by atoms with E-state index in [2.05, 4.69) is 5.32 Å². The lowest BCUT2D eigenvalue weighted by atomic mass is 10.1. The summed E-state index contributed by atoms with van der Waals surface area (Å²) in [5.74, 6) is 0.893. The molecule has 4 nitrogen and oxygen atoms in total. The molecule has 0 spiro atoms. The molecule has 0 bridgehead atoms. The first-order valence-corrected chi connectivity index (χ1v) is 6.19. The highest BCUT2D eigenvalue weighted by atomic mass is 35.5. The Kier molecular flexibility index (Phi) is 8.19. The molecule has 108 valence electrons. The van der Waals surface area contributed by atoms with Crippen molar-refractivity contribution in [1.29, 1.82) is 0 Å². The average molecular weight is 287 g/mol. The van der Waals surface area contributed by atoms with E-state index in [1.54, 1.807) is 0 Å². The van der Waals surface area contributed by atoms with Crippen LogP contribution in [0.5, 0.6) is 5.75 Å². The van der Waals surface area contributed by atoms with Gasteiger partial charge in [-0.1, -0.05) is 13.0 Å². The van der Waals surface area contributed by atoms with Gasteiger partial charge >= 0.3 is 0 Å². The fourth-order valence-corrected chi connectivity index (χ4v) is 1.38. The number of carbonyl (C=O) groups excluding carboxylic acids is 1. The molecular weight excluding hydrogens is 264 g/mol. The van der Waals surface area contributed by atoms with Crippen LogP contribution in [0, 0.1) is 19.8 Å². The summed E-state index contributed by atoms with van der Waals surface area (Å²) in [5.41, 5.74) is 7.84. The second kappa shape index (κ2) is 8.77. The number of aryl methyl sites for hydroxylation is 2. The molecule has 0 aliphatic heterocycles. The van der Waals surface area contributed by atoms with Gasteiger partial charge in [0.1, 0.15) is 5.75 Å². The summed E-state index contributed by atoms with van der Waals surface area (Å²) in [4.78, 5) is 11.5. The molecule has 0 radical (unpaired) electrons. The Morgan fingerprint density at radius 1 is 1.37 bits per heavy atom. The van der Waals surface area contributed by atoms with Crippen molar-refractivity contribution < 1.29 is 9.53 Å². The highest BCUT2D eigenvalue weighted by molar-refractivity contribution is 5.85. The minimum atomic E-state index is -0.117. The second-order valence-corrected chi connectivity index (χ2v) is 4.68. The lowest BCUT2D eigenvalue weighted by molar-refractivity contribution is -0.123. The number of carbonyl (C=O) groups is 1. The topological polar surface area (TPSA) is 64.3 Å². The Hall–Kier alpha value is -1.26. The van der Waals surface area contributed by atoms with Crippen LogP contribution in [0.15, 0.2) is 18.2 Å². The van der Waals surface area contributed by atoms with Gasteiger partial charge in [-0.2, -0.15) is 0 Å². The molecule has 0 heterocycles. The zero-order valence-corrected chi connectivity index (χ0v) is 12.5. The number of hydrogen-bond acceptors (Lipinski definition) is 3. The van der Waals surface area contributed by atoms with Gasteiger partial charge in [-0.05, 0) is 49.6 Å². The molecule has 0 saturated heterocycles. The third kappa shape index (κ3) is 6.45. The monoisotopic (exact) mass is 286 g/mol. The normalized spacial score (nSPS) is 11.4. The fourth-order valence-electron chi connectivity index (χ4n) is 1.38. The van der Waals surface area contributed by atoms with E-state index < -0.39 is 0 Å². The molecule has 0 fully saturated rings. The van der Waals surface area contributed by atoms with Crippen molar-refractivity contribution in [2.24, 2.45) is 11.7 Å². The summed E-state index contributed by atoms with van der Waals surface area (Å²) in [5, 5.41) is 2.79. The van der Waals surface area contributed by atoms with Gasteiger partial charge in [-0.15, -0.1) is 12.4 Å². The molecule has 0 aliphatic carbocycles. The standard InChI is InChI=1S/C14H22N2O2.ClH/c1-10(7-15)8-16-14(17)9-18-13-5-4-11(2)12(3)6-13;/h4-6,10H,7-9,15H2,1-3H3,(H,16,17);1H. The minimum Gasteiger partial charge on any atom is -0.484 e. The fraction of sp³-hybridized carbons (Fsp3) is 0.500. The summed E-state index contributed by atoms with van der Waals surface area (Å²) in [7, 11) is 0. The van der Waals surface area contributed by atoms with Crippen LogP contribution in [0.1, 0.15) is 18.1 Å². The molecule has 0 saturated carbocycles. The predicted molar refractivity (Wildman–Crippen MR) is 79.9 cm³/mol. The van der Waals surface area contributed by atoms with Gasteiger partial charge in [0.25, 0.3) is 5.91 Å². The summed E-state index contributed by atoms with van der Waals surface area (Å²) >= 11 is 0. The minimum absolute atomic E-state index is 0. The number of amides is 1. The second-order valence-electron chi connectivity index (χ2n) is 4.68. The molecule has 5 heteroatoms. The maximum Gasteiger partial charge on any atom is 0.257 e. The first kappa shape index (κ1) is 17.7. The molecule has 1 aromatic rings. The molecule has 1 unspecified atom stereocenters. The number of hydrogen-bond donors (Lipinski definition) is 2. The van der Waals surface area contributed by atoms with Gasteiger partial charge in [-0.3, -0.25) is 4.79 Å². The lowest BCUT2D eigenvalue weighted by Crippen LogP contribution is -2.34. The van der Waals surface area contributed by atoms with E-state index in [0.717, 1.165) is 11.3 Å². The van der Waals surface area contributed by atoms with Crippen molar-refractivity contribution in [3.05, 3.63) is 29.3 Å². The van der Waals surface area contributed by atoms with Gasteiger partial charge in [0.15, 0.2) is 6.61 Å². The maximum absolute atomic E-state index is 11.5. The van der Waals surface area contributed by atoms with E-state index in [0.29, 0.717) is 13.1 Å². The first-order valence-electron chi connectivity index (χ1n) is 6.19. The van der Waals surface area contributed by atoms with Crippen LogP contribution in [0.4, 0.5) is 0 Å². The number of benzene rings is 1. The van der Waals surface area contributed by atoms with Gasteiger partial charge in [0.2, 0.25) is 0 Å². The highest BCUT2D eigenvalue weighted by Crippen LogP contribution is 2.16. The molecule has 1 rings (SSSR count). The third-order valence-electron chi connectivity index (χ3n) is 2.90. The van der Waals surface area contributed by atoms with Gasteiger partial charge in [0.05, 0.1) is 0 Å². The van der Waals surface area contributed by atoms with E-state index in [4.69, 9.17) is 10.5 Å². The van der Waals surface area contributed by atoms with Gasteiger partial charge < -0.3 is 15.8 Å². The number of halogens is 1. The number of rotatable bonds is 6. The van der Waals surface area contributed by atoms with E-state index in [1.807, 2.05) is 39.0 Å². The largest absolute Gasteiger partial charge is 0.484 e. The molecule has 0 aromatic heterocycles. The predicted octanol–water partition coefficient (Wildman–Crippen LogP) is 1.82. The Morgan fingerprint density at radius 3 is 2.63 bits per heavy atom. The van der Waals surface area contributed by atoms with Crippen molar-refractivity contribution in [3.8, 4) is 5.75 Å². The van der Waals surface area contributed by atoms with Gasteiger partial charge in [-0.25, -0.2) is 0 Å². The summed E-state index contributed by atoms with van der Waals surface area (Å²) < 4.78 is 5.43. The Balaban J connectivity index is 0.00000324. The van der Waals surface area contributed by atoms with Crippen LogP contribution < -0.4 is 15.8 Å². The van der Waals surface area contributed by atoms with Crippen molar-refractivity contribution in [3.63, 3.8) is 0 Å². The van der Waals surface area contributed by atoms with Crippen molar-refractivity contribution in [1.82, 2.24) is 5.32 Å². The van der Waals surface area contributed by atoms with Crippen molar-refractivity contribution >= 4 is 18.3 Å². The first-order chi connectivity index (χ1) is 8.52. The molecule has 3 N–H and O–H groups in total. The van der Waals surface area contributed by atoms with Crippen LogP contribution in [-0.4, -0.2) is 25.6 Å². The van der Waals surface area contributed by atoms with Crippen LogP contribution in [-0.2, 0) is 4.79 Å². The Labute approximate surface area is 121 Å². The van der Waals surface area contributed by atoms with Crippen LogP contribution in [0.25, 0.3) is 0 Å². The molecule has 0 aliphatic rings. The molecule has 1 amide bonds. The highest BCUT2D eigenvalue weighted by Gasteiger charge is 2.05. The summed E-state index contributed by atoms with van der Waals surface area (Å²) in [6, 6.07) is 5.79. The number of nitrogens with one attached hydrogen (secondary N) is 1. The van der Waals surface area contributed by atoms with Gasteiger partial charge in [0, 0.05) is 6.54 Å². The van der Waals surface area contributed by atoms with E-state index in [9.17, 15) is 4.79 Å². The lowest BCUT2D eigenvalue weighted by Gasteiger charge is -2.11. The Bertz CT molecular complexity index is 410. The average Bonchev–Trinajstić information content (AvgIpc) is 2.37. The van der Waals surface area contributed by atoms with Crippen LogP contribution in [0.2, 0.25) is 0 Å². The zero-order chi connectivity index (χ0) is 13.5. The SMILES string of the molecule is Cc1ccc(OCC(=O)NCC(C)CN)cc1C.Cl. The molecule has 1 aromatic carbocycles. The zero-order valence-electron chi connectivity index (χ0n) is 11.7. The molecule has 19 heavy (non-hydrogen) atoms. The van der Waals surface area contributed by atoms with Crippen LogP contribution >= 0.6 is 12.4 Å². The molecule has 1 atom stereocenters. The van der Waals surface area contributed by atoms with Crippen molar-refractivity contribution in [2.45, 2.75) is 20.8 Å². The Morgan fingerprint density at radius 2 is 2.05 bits per heavy atom. The molecular formula is C14H23ClN2O2. The summed E-state index contributed by atoms with van der Waals surface area (Å²) in [6.07, 6.45) is 0. The maximum atomic E-state index is 11.5. The number of nitrogens with two attached hydrogens (primary N) is 1. The quantitative estimate of drug-likeness (QED) is 0.838.